The Labute approximate surface area is 103 Å². The molecule has 1 aromatic rings. The Morgan fingerprint density at radius 1 is 1.47 bits per heavy atom. The van der Waals surface area contributed by atoms with Crippen LogP contribution in [0.25, 0.3) is 0 Å². The second kappa shape index (κ2) is 5.14. The van der Waals surface area contributed by atoms with Gasteiger partial charge >= 0.3 is 0 Å². The smallest absolute Gasteiger partial charge is 0.153 e. The first kappa shape index (κ1) is 14.1. The van der Waals surface area contributed by atoms with Crippen molar-refractivity contribution in [3.63, 3.8) is 0 Å². The van der Waals surface area contributed by atoms with Crippen LogP contribution in [0.3, 0.4) is 0 Å². The number of nitrogens with zero attached hydrogens (tertiary/aromatic N) is 1. The summed E-state index contributed by atoms with van der Waals surface area (Å²) in [5.41, 5.74) is 1.05. The fourth-order valence-corrected chi connectivity index (χ4v) is 1.63. The van der Waals surface area contributed by atoms with Gasteiger partial charge in [-0.05, 0) is 32.4 Å². The lowest BCUT2D eigenvalue weighted by Crippen LogP contribution is -2.42. The van der Waals surface area contributed by atoms with E-state index >= 15 is 0 Å². The number of sulfone groups is 1. The summed E-state index contributed by atoms with van der Waals surface area (Å²) in [4.78, 5) is 4.04. The molecule has 0 aliphatic rings. The van der Waals surface area contributed by atoms with Gasteiger partial charge in [-0.2, -0.15) is 0 Å². The molecule has 0 spiro atoms. The highest BCUT2D eigenvalue weighted by Gasteiger charge is 2.30. The van der Waals surface area contributed by atoms with Gasteiger partial charge in [0.2, 0.25) is 0 Å². The Kier molecular flexibility index (Phi) is 4.27. The van der Waals surface area contributed by atoms with Gasteiger partial charge in [0.25, 0.3) is 0 Å². The van der Waals surface area contributed by atoms with Crippen LogP contribution < -0.4 is 5.32 Å². The molecule has 0 aliphatic heterocycles. The summed E-state index contributed by atoms with van der Waals surface area (Å²) >= 11 is 0. The summed E-state index contributed by atoms with van der Waals surface area (Å²) in [5, 5.41) is 3.23. The summed E-state index contributed by atoms with van der Waals surface area (Å²) in [6.07, 6.45) is 4.77. The Balaban J connectivity index is 2.64. The molecular weight excluding hydrogens is 236 g/mol. The van der Waals surface area contributed by atoms with Crippen LogP contribution in [0.1, 0.15) is 32.4 Å². The molecule has 0 amide bonds. The van der Waals surface area contributed by atoms with E-state index in [0.717, 1.165) is 5.56 Å². The first-order valence-electron chi connectivity index (χ1n) is 5.57. The third-order valence-corrected chi connectivity index (χ3v) is 5.17. The summed E-state index contributed by atoms with van der Waals surface area (Å²) in [6, 6.07) is 3.93. The average molecular weight is 256 g/mol. The highest BCUT2D eigenvalue weighted by atomic mass is 32.2. The zero-order valence-electron chi connectivity index (χ0n) is 10.8. The third-order valence-electron chi connectivity index (χ3n) is 3.02. The second-order valence-electron chi connectivity index (χ2n) is 4.92. The molecule has 0 radical (unpaired) electrons. The van der Waals surface area contributed by atoms with Gasteiger partial charge < -0.3 is 5.32 Å². The number of aromatic nitrogens is 1. The maximum atomic E-state index is 11.5. The number of hydrogen-bond acceptors (Lipinski definition) is 4. The van der Waals surface area contributed by atoms with E-state index in [0.29, 0.717) is 6.54 Å². The largest absolute Gasteiger partial charge is 0.309 e. The summed E-state index contributed by atoms with van der Waals surface area (Å²) in [7, 11) is -3.06. The highest BCUT2D eigenvalue weighted by Crippen LogP contribution is 2.16. The normalized spacial score (nSPS) is 14.6. The lowest BCUT2D eigenvalue weighted by molar-refractivity contribution is 0.488. The summed E-state index contributed by atoms with van der Waals surface area (Å²) in [5.74, 6) is 0. The van der Waals surface area contributed by atoms with Crippen LogP contribution in [-0.4, -0.2) is 30.9 Å². The van der Waals surface area contributed by atoms with Crippen LogP contribution in [-0.2, 0) is 9.84 Å². The number of hydrogen-bond donors (Lipinski definition) is 1. The predicted octanol–water partition coefficient (Wildman–Crippen LogP) is 1.56. The molecule has 0 saturated heterocycles. The van der Waals surface area contributed by atoms with Crippen molar-refractivity contribution in [3.8, 4) is 0 Å². The van der Waals surface area contributed by atoms with Crippen molar-refractivity contribution in [2.24, 2.45) is 0 Å². The summed E-state index contributed by atoms with van der Waals surface area (Å²) < 4.78 is 22.3. The Morgan fingerprint density at radius 3 is 2.59 bits per heavy atom. The molecule has 0 fully saturated rings. The fourth-order valence-electron chi connectivity index (χ4n) is 1.28. The predicted molar refractivity (Wildman–Crippen MR) is 69.6 cm³/mol. The van der Waals surface area contributed by atoms with Gasteiger partial charge in [0.15, 0.2) is 9.84 Å². The van der Waals surface area contributed by atoms with Gasteiger partial charge in [-0.1, -0.05) is 6.07 Å². The number of rotatable bonds is 5. The van der Waals surface area contributed by atoms with E-state index in [1.165, 1.54) is 6.26 Å². The van der Waals surface area contributed by atoms with Gasteiger partial charge in [0.05, 0.1) is 4.75 Å². The lowest BCUT2D eigenvalue weighted by Gasteiger charge is -2.25. The molecule has 4 nitrogen and oxygen atoms in total. The van der Waals surface area contributed by atoms with Crippen molar-refractivity contribution in [1.82, 2.24) is 10.3 Å². The number of pyridine rings is 1. The van der Waals surface area contributed by atoms with E-state index in [1.54, 1.807) is 26.2 Å². The molecule has 1 aromatic heterocycles. The van der Waals surface area contributed by atoms with Gasteiger partial charge in [0, 0.05) is 31.2 Å². The van der Waals surface area contributed by atoms with E-state index in [2.05, 4.69) is 10.3 Å². The molecular formula is C12H20N2O2S. The zero-order valence-corrected chi connectivity index (χ0v) is 11.6. The molecule has 5 heteroatoms. The minimum absolute atomic E-state index is 0.0877. The van der Waals surface area contributed by atoms with E-state index in [1.807, 2.05) is 19.1 Å². The molecule has 1 rings (SSSR count). The Morgan fingerprint density at radius 2 is 2.12 bits per heavy atom. The first-order valence-corrected chi connectivity index (χ1v) is 7.46. The SMILES string of the molecule is CC(NCC(C)(C)S(C)(=O)=O)c1cccnc1. The van der Waals surface area contributed by atoms with Gasteiger partial charge in [-0.15, -0.1) is 0 Å². The van der Waals surface area contributed by atoms with Crippen molar-refractivity contribution in [3.05, 3.63) is 30.1 Å². The molecule has 1 unspecified atom stereocenters. The van der Waals surface area contributed by atoms with E-state index < -0.39 is 14.6 Å². The topological polar surface area (TPSA) is 59.1 Å². The molecule has 0 aliphatic carbocycles. The zero-order chi connectivity index (χ0) is 13.1. The minimum atomic E-state index is -3.06. The standard InChI is InChI=1S/C12H20N2O2S/c1-10(11-6-5-7-13-8-11)14-9-12(2,3)17(4,15)16/h5-8,10,14H,9H2,1-4H3. The summed E-state index contributed by atoms with van der Waals surface area (Å²) in [6.45, 7) is 5.87. The first-order chi connectivity index (χ1) is 7.74. The van der Waals surface area contributed by atoms with Crippen molar-refractivity contribution < 1.29 is 8.42 Å². The maximum Gasteiger partial charge on any atom is 0.153 e. The fraction of sp³-hybridized carbons (Fsp3) is 0.583. The van der Waals surface area contributed by atoms with Gasteiger partial charge in [-0.25, -0.2) is 8.42 Å². The minimum Gasteiger partial charge on any atom is -0.309 e. The third kappa shape index (κ3) is 3.78. The van der Waals surface area contributed by atoms with Crippen LogP contribution in [0.15, 0.2) is 24.5 Å². The average Bonchev–Trinajstić information content (AvgIpc) is 2.25. The lowest BCUT2D eigenvalue weighted by atomic mass is 10.1. The van der Waals surface area contributed by atoms with Crippen LogP contribution in [0.4, 0.5) is 0 Å². The molecule has 1 heterocycles. The second-order valence-corrected chi connectivity index (χ2v) is 7.57. The highest BCUT2D eigenvalue weighted by molar-refractivity contribution is 7.92. The monoisotopic (exact) mass is 256 g/mol. The van der Waals surface area contributed by atoms with Crippen LogP contribution in [0.5, 0.6) is 0 Å². The Bertz CT molecular complexity index is 455. The van der Waals surface area contributed by atoms with E-state index in [4.69, 9.17) is 0 Å². The maximum absolute atomic E-state index is 11.5. The van der Waals surface area contributed by atoms with Crippen LogP contribution in [0, 0.1) is 0 Å². The molecule has 1 atom stereocenters. The molecule has 17 heavy (non-hydrogen) atoms. The Hall–Kier alpha value is -0.940. The van der Waals surface area contributed by atoms with Crippen LogP contribution >= 0.6 is 0 Å². The van der Waals surface area contributed by atoms with Crippen molar-refractivity contribution >= 4 is 9.84 Å². The van der Waals surface area contributed by atoms with Gasteiger partial charge in [-0.3, -0.25) is 4.98 Å². The number of nitrogens with one attached hydrogen (secondary N) is 1. The van der Waals surface area contributed by atoms with Crippen molar-refractivity contribution in [1.29, 1.82) is 0 Å². The molecule has 0 aromatic carbocycles. The van der Waals surface area contributed by atoms with Gasteiger partial charge in [0.1, 0.15) is 0 Å². The van der Waals surface area contributed by atoms with E-state index in [9.17, 15) is 8.42 Å². The molecule has 0 saturated carbocycles. The molecule has 0 bridgehead atoms. The van der Waals surface area contributed by atoms with Crippen molar-refractivity contribution in [2.45, 2.75) is 31.6 Å². The van der Waals surface area contributed by atoms with Crippen LogP contribution in [0.2, 0.25) is 0 Å². The van der Waals surface area contributed by atoms with Crippen molar-refractivity contribution in [2.75, 3.05) is 12.8 Å². The van der Waals surface area contributed by atoms with E-state index in [-0.39, 0.29) is 6.04 Å². The molecule has 96 valence electrons. The quantitative estimate of drug-likeness (QED) is 0.868. The molecule has 1 N–H and O–H groups in total.